The second kappa shape index (κ2) is 5.92. The van der Waals surface area contributed by atoms with E-state index in [4.69, 9.17) is 26.8 Å². The highest BCUT2D eigenvalue weighted by molar-refractivity contribution is 6.31. The van der Waals surface area contributed by atoms with Crippen molar-refractivity contribution in [3.05, 3.63) is 40.9 Å². The normalized spacial score (nSPS) is 10.2. The maximum Gasteiger partial charge on any atom is 0.162 e. The maximum atomic E-state index is 6.11. The summed E-state index contributed by atoms with van der Waals surface area (Å²) in [6.07, 6.45) is 0. The van der Waals surface area contributed by atoms with E-state index in [9.17, 15) is 0 Å². The highest BCUT2D eigenvalue weighted by Crippen LogP contribution is 2.37. The summed E-state index contributed by atoms with van der Waals surface area (Å²) in [6, 6.07) is 9.20. The molecule has 0 aliphatic rings. The van der Waals surface area contributed by atoms with Crippen molar-refractivity contribution in [1.29, 1.82) is 0 Å². The van der Waals surface area contributed by atoms with Crippen molar-refractivity contribution in [3.8, 4) is 11.5 Å². The Bertz CT molecular complexity index is 630. The van der Waals surface area contributed by atoms with E-state index in [0.29, 0.717) is 22.2 Å². The lowest BCUT2D eigenvalue weighted by Gasteiger charge is -2.15. The first-order valence-corrected chi connectivity index (χ1v) is 6.48. The number of halogens is 1. The fourth-order valence-corrected chi connectivity index (χ4v) is 2.07. The van der Waals surface area contributed by atoms with E-state index in [1.165, 1.54) is 0 Å². The second-order valence-electron chi connectivity index (χ2n) is 4.33. The molecule has 0 saturated carbocycles. The molecule has 2 rings (SSSR count). The van der Waals surface area contributed by atoms with Gasteiger partial charge in [0.2, 0.25) is 0 Å². The number of hydrogen-bond acceptors (Lipinski definition) is 4. The molecule has 2 aromatic rings. The Balaban J connectivity index is 2.41. The first-order valence-electron chi connectivity index (χ1n) is 6.10. The van der Waals surface area contributed by atoms with E-state index in [1.807, 2.05) is 25.1 Å². The van der Waals surface area contributed by atoms with E-state index in [2.05, 4.69) is 5.32 Å². The number of benzene rings is 2. The lowest BCUT2D eigenvalue weighted by Crippen LogP contribution is -2.00. The zero-order chi connectivity index (χ0) is 14.7. The van der Waals surface area contributed by atoms with Gasteiger partial charge >= 0.3 is 0 Å². The van der Waals surface area contributed by atoms with Crippen LogP contribution in [0.2, 0.25) is 5.02 Å². The molecule has 0 spiro atoms. The van der Waals surface area contributed by atoms with Gasteiger partial charge in [-0.1, -0.05) is 17.7 Å². The van der Waals surface area contributed by atoms with Crippen molar-refractivity contribution in [2.45, 2.75) is 6.92 Å². The molecule has 0 radical (unpaired) electrons. The highest BCUT2D eigenvalue weighted by Gasteiger charge is 2.10. The largest absolute Gasteiger partial charge is 0.493 e. The van der Waals surface area contributed by atoms with Gasteiger partial charge in [-0.2, -0.15) is 0 Å². The molecule has 0 atom stereocenters. The van der Waals surface area contributed by atoms with Gasteiger partial charge in [-0.3, -0.25) is 0 Å². The van der Waals surface area contributed by atoms with E-state index in [0.717, 1.165) is 16.9 Å². The molecule has 0 saturated heterocycles. The summed E-state index contributed by atoms with van der Waals surface area (Å²) in [5.41, 5.74) is 9.20. The van der Waals surface area contributed by atoms with Gasteiger partial charge in [0.05, 0.1) is 25.6 Å². The van der Waals surface area contributed by atoms with Gasteiger partial charge in [-0.05, 0) is 24.6 Å². The summed E-state index contributed by atoms with van der Waals surface area (Å²) < 4.78 is 10.5. The predicted octanol–water partition coefficient (Wildman–Crippen LogP) is 3.99. The number of methoxy groups -OCH3 is 2. The number of nitrogens with two attached hydrogens (primary N) is 1. The van der Waals surface area contributed by atoms with Gasteiger partial charge in [-0.15, -0.1) is 0 Å². The summed E-state index contributed by atoms with van der Waals surface area (Å²) >= 11 is 6.11. The molecule has 3 N–H and O–H groups in total. The van der Waals surface area contributed by atoms with Crippen molar-refractivity contribution in [1.82, 2.24) is 0 Å². The molecular formula is C15H17ClN2O2. The van der Waals surface area contributed by atoms with E-state index < -0.39 is 0 Å². The van der Waals surface area contributed by atoms with Crippen LogP contribution in [0.5, 0.6) is 11.5 Å². The van der Waals surface area contributed by atoms with Crippen molar-refractivity contribution >= 4 is 28.7 Å². The summed E-state index contributed by atoms with van der Waals surface area (Å²) in [5.74, 6) is 1.21. The van der Waals surface area contributed by atoms with Crippen LogP contribution in [0.4, 0.5) is 17.1 Å². The quantitative estimate of drug-likeness (QED) is 0.837. The fraction of sp³-hybridized carbons (Fsp3) is 0.200. The van der Waals surface area contributed by atoms with Crippen LogP contribution in [0, 0.1) is 6.92 Å². The lowest BCUT2D eigenvalue weighted by atomic mass is 10.1. The van der Waals surface area contributed by atoms with Gasteiger partial charge < -0.3 is 20.5 Å². The van der Waals surface area contributed by atoms with Crippen molar-refractivity contribution in [2.24, 2.45) is 0 Å². The Morgan fingerprint density at radius 2 is 1.70 bits per heavy atom. The zero-order valence-electron chi connectivity index (χ0n) is 11.7. The summed E-state index contributed by atoms with van der Waals surface area (Å²) in [6.45, 7) is 1.95. The van der Waals surface area contributed by atoms with Crippen LogP contribution < -0.4 is 20.5 Å². The predicted molar refractivity (Wildman–Crippen MR) is 83.4 cm³/mol. The molecular weight excluding hydrogens is 276 g/mol. The topological polar surface area (TPSA) is 56.5 Å². The molecule has 0 unspecified atom stereocenters. The van der Waals surface area contributed by atoms with Crippen LogP contribution in [-0.4, -0.2) is 14.2 Å². The smallest absolute Gasteiger partial charge is 0.162 e. The van der Waals surface area contributed by atoms with E-state index >= 15 is 0 Å². The molecule has 106 valence electrons. The fourth-order valence-electron chi connectivity index (χ4n) is 1.89. The summed E-state index contributed by atoms with van der Waals surface area (Å²) in [5, 5.41) is 3.97. The SMILES string of the molecule is COc1cc(N)c(Nc2cccc(Cl)c2C)cc1OC. The average molecular weight is 293 g/mol. The van der Waals surface area contributed by atoms with E-state index in [-0.39, 0.29) is 0 Å². The Kier molecular flexibility index (Phi) is 4.25. The van der Waals surface area contributed by atoms with Gasteiger partial charge in [0.25, 0.3) is 0 Å². The van der Waals surface area contributed by atoms with Gasteiger partial charge in [0, 0.05) is 22.8 Å². The molecule has 0 heterocycles. The first-order chi connectivity index (χ1) is 9.56. The van der Waals surface area contributed by atoms with Crippen molar-refractivity contribution in [2.75, 3.05) is 25.3 Å². The average Bonchev–Trinajstić information content (AvgIpc) is 2.45. The summed E-state index contributed by atoms with van der Waals surface area (Å²) in [7, 11) is 3.16. The van der Waals surface area contributed by atoms with Crippen LogP contribution in [0.15, 0.2) is 30.3 Å². The minimum atomic E-state index is 0.571. The van der Waals surface area contributed by atoms with Gasteiger partial charge in [-0.25, -0.2) is 0 Å². The first kappa shape index (κ1) is 14.3. The molecule has 0 amide bonds. The molecule has 0 fully saturated rings. The second-order valence-corrected chi connectivity index (χ2v) is 4.74. The third-order valence-electron chi connectivity index (χ3n) is 3.09. The Labute approximate surface area is 123 Å². The molecule has 0 aromatic heterocycles. The Hall–Kier alpha value is -2.07. The van der Waals surface area contributed by atoms with Crippen LogP contribution in [0.25, 0.3) is 0 Å². The monoisotopic (exact) mass is 292 g/mol. The molecule has 5 heteroatoms. The third kappa shape index (κ3) is 2.75. The Morgan fingerprint density at radius 3 is 2.35 bits per heavy atom. The number of rotatable bonds is 4. The lowest BCUT2D eigenvalue weighted by molar-refractivity contribution is 0.355. The van der Waals surface area contributed by atoms with Crippen LogP contribution in [0.3, 0.4) is 0 Å². The van der Waals surface area contributed by atoms with Crippen LogP contribution in [0.1, 0.15) is 5.56 Å². The zero-order valence-corrected chi connectivity index (χ0v) is 12.4. The molecule has 0 aliphatic heterocycles. The minimum absolute atomic E-state index is 0.571. The standard InChI is InChI=1S/C15H17ClN2O2/c1-9-10(16)5-4-6-12(9)18-13-8-15(20-3)14(19-2)7-11(13)17/h4-8,18H,17H2,1-3H3. The molecule has 2 aromatic carbocycles. The number of nitrogen functional groups attached to an aromatic ring is 1. The number of anilines is 3. The van der Waals surface area contributed by atoms with E-state index in [1.54, 1.807) is 26.4 Å². The minimum Gasteiger partial charge on any atom is -0.493 e. The Morgan fingerprint density at radius 1 is 1.05 bits per heavy atom. The molecule has 0 aliphatic carbocycles. The van der Waals surface area contributed by atoms with Crippen molar-refractivity contribution in [3.63, 3.8) is 0 Å². The number of nitrogens with one attached hydrogen (secondary N) is 1. The highest BCUT2D eigenvalue weighted by atomic mass is 35.5. The van der Waals surface area contributed by atoms with Crippen LogP contribution >= 0.6 is 11.6 Å². The molecule has 0 bridgehead atoms. The van der Waals surface area contributed by atoms with Crippen LogP contribution in [-0.2, 0) is 0 Å². The summed E-state index contributed by atoms with van der Waals surface area (Å²) in [4.78, 5) is 0. The van der Waals surface area contributed by atoms with Crippen molar-refractivity contribution < 1.29 is 9.47 Å². The van der Waals surface area contributed by atoms with Gasteiger partial charge in [0.1, 0.15) is 0 Å². The number of hydrogen-bond donors (Lipinski definition) is 2. The van der Waals surface area contributed by atoms with Gasteiger partial charge in [0.15, 0.2) is 11.5 Å². The maximum absolute atomic E-state index is 6.11. The molecule has 20 heavy (non-hydrogen) atoms. The molecule has 4 nitrogen and oxygen atoms in total. The number of ether oxygens (including phenoxy) is 2. The third-order valence-corrected chi connectivity index (χ3v) is 3.50.